The highest BCUT2D eigenvalue weighted by molar-refractivity contribution is 7.92. The Hall–Kier alpha value is -2.78. The predicted molar refractivity (Wildman–Crippen MR) is 90.9 cm³/mol. The highest BCUT2D eigenvalue weighted by atomic mass is 35.5. The largest absolute Gasteiger partial charge is 0.545 e. The smallest absolute Gasteiger partial charge is 0.339 e. The van der Waals surface area contributed by atoms with Crippen LogP contribution in [0.4, 0.5) is 5.69 Å². The van der Waals surface area contributed by atoms with E-state index in [2.05, 4.69) is 9.46 Å². The van der Waals surface area contributed by atoms with E-state index in [0.717, 1.165) is 19.2 Å². The topological polar surface area (TPSA) is 122 Å². The molecule has 0 aliphatic carbocycles. The molecule has 0 aliphatic heterocycles. The highest BCUT2D eigenvalue weighted by Gasteiger charge is 2.23. The Balaban J connectivity index is 2.57. The number of carbonyl (C=O) groups is 2. The standard InChI is InChI=1S/C16H14ClNO7S/c1-24-13-6-3-9(15(19)20)7-14(13)26(22,23)18-12-8-10(17)4-5-11(12)16(21)25-2/h3-8,18H,1-2H3,(H,19,20)/p-1. The number of rotatable bonds is 6. The summed E-state index contributed by atoms with van der Waals surface area (Å²) in [5.74, 6) is -2.43. The molecule has 0 amide bonds. The number of esters is 1. The number of nitrogens with one attached hydrogen (secondary N) is 1. The molecule has 0 unspecified atom stereocenters. The van der Waals surface area contributed by atoms with Crippen LogP contribution in [0.5, 0.6) is 5.75 Å². The van der Waals surface area contributed by atoms with Gasteiger partial charge < -0.3 is 19.4 Å². The van der Waals surface area contributed by atoms with Crippen molar-refractivity contribution in [3.63, 3.8) is 0 Å². The first-order chi connectivity index (χ1) is 12.2. The van der Waals surface area contributed by atoms with Crippen LogP contribution in [0, 0.1) is 0 Å². The monoisotopic (exact) mass is 398 g/mol. The van der Waals surface area contributed by atoms with Gasteiger partial charge in [-0.1, -0.05) is 11.6 Å². The van der Waals surface area contributed by atoms with Crippen LogP contribution in [-0.2, 0) is 14.8 Å². The summed E-state index contributed by atoms with van der Waals surface area (Å²) >= 11 is 5.87. The zero-order chi connectivity index (χ0) is 19.5. The van der Waals surface area contributed by atoms with Crippen LogP contribution in [0.3, 0.4) is 0 Å². The maximum atomic E-state index is 12.7. The number of hydrogen-bond acceptors (Lipinski definition) is 7. The molecule has 0 spiro atoms. The lowest BCUT2D eigenvalue weighted by molar-refractivity contribution is -0.255. The molecule has 8 nitrogen and oxygen atoms in total. The van der Waals surface area contributed by atoms with E-state index in [0.29, 0.717) is 0 Å². The number of methoxy groups -OCH3 is 2. The van der Waals surface area contributed by atoms with E-state index in [4.69, 9.17) is 16.3 Å². The Labute approximate surface area is 154 Å². The summed E-state index contributed by atoms with van der Waals surface area (Å²) in [6.45, 7) is 0. The molecule has 138 valence electrons. The number of hydrogen-bond donors (Lipinski definition) is 1. The molecule has 0 heterocycles. The van der Waals surface area contributed by atoms with Gasteiger partial charge in [-0.25, -0.2) is 13.2 Å². The molecule has 0 aliphatic rings. The van der Waals surface area contributed by atoms with Gasteiger partial charge in [0, 0.05) is 5.02 Å². The zero-order valence-corrected chi connectivity index (χ0v) is 15.2. The van der Waals surface area contributed by atoms with E-state index in [1.807, 2.05) is 0 Å². The van der Waals surface area contributed by atoms with Crippen LogP contribution in [0.25, 0.3) is 0 Å². The van der Waals surface area contributed by atoms with Gasteiger partial charge in [-0.3, -0.25) is 4.72 Å². The SMILES string of the molecule is COC(=O)c1ccc(Cl)cc1NS(=O)(=O)c1cc(C(=O)[O-])ccc1OC. The van der Waals surface area contributed by atoms with Crippen LogP contribution >= 0.6 is 11.6 Å². The molecule has 0 fully saturated rings. The summed E-state index contributed by atoms with van der Waals surface area (Å²) in [4.78, 5) is 22.4. The predicted octanol–water partition coefficient (Wildman–Crippen LogP) is 1.30. The molecule has 0 bridgehead atoms. The first-order valence-corrected chi connectivity index (χ1v) is 8.85. The van der Waals surface area contributed by atoms with E-state index in [1.54, 1.807) is 0 Å². The van der Waals surface area contributed by atoms with Crippen molar-refractivity contribution >= 4 is 39.3 Å². The normalized spacial score (nSPS) is 10.9. The van der Waals surface area contributed by atoms with E-state index >= 15 is 0 Å². The van der Waals surface area contributed by atoms with E-state index in [1.165, 1.54) is 31.4 Å². The molecule has 2 rings (SSSR count). The molecule has 0 aromatic heterocycles. The van der Waals surface area contributed by atoms with Crippen LogP contribution in [0.1, 0.15) is 20.7 Å². The second kappa shape index (κ2) is 7.63. The van der Waals surface area contributed by atoms with Gasteiger partial charge in [0.15, 0.2) is 0 Å². The Morgan fingerprint density at radius 1 is 1.12 bits per heavy atom. The first-order valence-electron chi connectivity index (χ1n) is 6.99. The van der Waals surface area contributed by atoms with Gasteiger partial charge in [0.2, 0.25) is 0 Å². The minimum Gasteiger partial charge on any atom is -0.545 e. The summed E-state index contributed by atoms with van der Waals surface area (Å²) in [5, 5.41) is 11.2. The van der Waals surface area contributed by atoms with E-state index in [9.17, 15) is 23.1 Å². The minimum atomic E-state index is -4.33. The first kappa shape index (κ1) is 19.5. The quantitative estimate of drug-likeness (QED) is 0.727. The van der Waals surface area contributed by atoms with Gasteiger partial charge >= 0.3 is 5.97 Å². The summed E-state index contributed by atoms with van der Waals surface area (Å²) in [7, 11) is -1.96. The third-order valence-corrected chi connectivity index (χ3v) is 4.94. The maximum Gasteiger partial charge on any atom is 0.339 e. The molecule has 2 aromatic carbocycles. The number of anilines is 1. The minimum absolute atomic E-state index is 0.0736. The highest BCUT2D eigenvalue weighted by Crippen LogP contribution is 2.29. The van der Waals surface area contributed by atoms with Crippen LogP contribution in [0.2, 0.25) is 5.02 Å². The van der Waals surface area contributed by atoms with Crippen LogP contribution in [0.15, 0.2) is 41.3 Å². The molecule has 1 N–H and O–H groups in total. The summed E-state index contributed by atoms with van der Waals surface area (Å²) in [6.07, 6.45) is 0. The summed E-state index contributed by atoms with van der Waals surface area (Å²) in [5.41, 5.74) is -0.564. The second-order valence-electron chi connectivity index (χ2n) is 4.94. The number of carbonyl (C=O) groups excluding carboxylic acids is 2. The molecule has 0 atom stereocenters. The Morgan fingerprint density at radius 3 is 2.38 bits per heavy atom. The Morgan fingerprint density at radius 2 is 1.81 bits per heavy atom. The fourth-order valence-electron chi connectivity index (χ4n) is 2.10. The molecule has 0 saturated heterocycles. The number of sulfonamides is 1. The van der Waals surface area contributed by atoms with Crippen molar-refractivity contribution in [3.8, 4) is 5.75 Å². The lowest BCUT2D eigenvalue weighted by Crippen LogP contribution is -2.23. The molecule has 0 radical (unpaired) electrons. The lowest BCUT2D eigenvalue weighted by atomic mass is 10.2. The van der Waals surface area contributed by atoms with Crippen molar-refractivity contribution in [2.45, 2.75) is 4.90 Å². The molecular formula is C16H13ClNO7S-. The van der Waals surface area contributed by atoms with Gasteiger partial charge in [0.05, 0.1) is 31.4 Å². The van der Waals surface area contributed by atoms with Crippen LogP contribution < -0.4 is 14.6 Å². The molecule has 2 aromatic rings. The average Bonchev–Trinajstić information content (AvgIpc) is 2.60. The fraction of sp³-hybridized carbons (Fsp3) is 0.125. The molecule has 0 saturated carbocycles. The van der Waals surface area contributed by atoms with Gasteiger partial charge in [-0.05, 0) is 42.0 Å². The molecule has 26 heavy (non-hydrogen) atoms. The average molecular weight is 399 g/mol. The number of carboxylic acids is 1. The third-order valence-electron chi connectivity index (χ3n) is 3.32. The number of carboxylic acid groups (broad SMARTS) is 1. The van der Waals surface area contributed by atoms with Gasteiger partial charge in [0.25, 0.3) is 10.0 Å². The van der Waals surface area contributed by atoms with Crippen LogP contribution in [-0.4, -0.2) is 34.6 Å². The maximum absolute atomic E-state index is 12.7. The lowest BCUT2D eigenvalue weighted by Gasteiger charge is -2.15. The number of ether oxygens (including phenoxy) is 2. The summed E-state index contributed by atoms with van der Waals surface area (Å²) < 4.78 is 37.2. The van der Waals surface area contributed by atoms with Gasteiger partial charge in [0.1, 0.15) is 10.6 Å². The number of halogens is 1. The van der Waals surface area contributed by atoms with Crippen molar-refractivity contribution in [1.29, 1.82) is 0 Å². The Kier molecular flexibility index (Phi) is 5.73. The molecule has 10 heteroatoms. The molecular weight excluding hydrogens is 386 g/mol. The van der Waals surface area contributed by atoms with E-state index < -0.39 is 26.9 Å². The van der Waals surface area contributed by atoms with Crippen molar-refractivity contribution in [2.75, 3.05) is 18.9 Å². The zero-order valence-electron chi connectivity index (χ0n) is 13.6. The fourth-order valence-corrected chi connectivity index (χ4v) is 3.54. The van der Waals surface area contributed by atoms with Crippen molar-refractivity contribution < 1.29 is 32.6 Å². The van der Waals surface area contributed by atoms with Gasteiger partial charge in [-0.15, -0.1) is 0 Å². The Bertz CT molecular complexity index is 973. The van der Waals surface area contributed by atoms with Gasteiger partial charge in [-0.2, -0.15) is 0 Å². The third kappa shape index (κ3) is 4.06. The van der Waals surface area contributed by atoms with E-state index in [-0.39, 0.29) is 27.6 Å². The number of aromatic carboxylic acids is 1. The van der Waals surface area contributed by atoms with Crippen molar-refractivity contribution in [2.24, 2.45) is 0 Å². The number of benzene rings is 2. The summed E-state index contributed by atoms with van der Waals surface area (Å²) in [6, 6.07) is 7.12. The second-order valence-corrected chi connectivity index (χ2v) is 7.03. The van der Waals surface area contributed by atoms with Crippen molar-refractivity contribution in [1.82, 2.24) is 0 Å². The van der Waals surface area contributed by atoms with Crippen molar-refractivity contribution in [3.05, 3.63) is 52.5 Å².